The first-order chi connectivity index (χ1) is 13.1. The van der Waals surface area contributed by atoms with E-state index in [1.54, 1.807) is 12.1 Å². The van der Waals surface area contributed by atoms with Gasteiger partial charge in [0.15, 0.2) is 0 Å². The van der Waals surface area contributed by atoms with Crippen molar-refractivity contribution in [3.8, 4) is 5.75 Å². The van der Waals surface area contributed by atoms with Gasteiger partial charge in [0.2, 0.25) is 5.91 Å². The Bertz CT molecular complexity index is 763. The maximum absolute atomic E-state index is 12.6. The number of phenolic OH excluding ortho intramolecular Hbond substituents is 1. The van der Waals surface area contributed by atoms with Crippen molar-refractivity contribution in [2.24, 2.45) is 0 Å². The van der Waals surface area contributed by atoms with Gasteiger partial charge in [-0.1, -0.05) is 37.6 Å². The van der Waals surface area contributed by atoms with E-state index in [1.807, 2.05) is 41.3 Å². The van der Waals surface area contributed by atoms with Crippen molar-refractivity contribution in [3.63, 3.8) is 0 Å². The normalized spacial score (nSPS) is 17.9. The van der Waals surface area contributed by atoms with Crippen LogP contribution in [0.15, 0.2) is 48.5 Å². The summed E-state index contributed by atoms with van der Waals surface area (Å²) in [4.78, 5) is 14.6. The molecule has 0 spiro atoms. The van der Waals surface area contributed by atoms with Gasteiger partial charge in [0, 0.05) is 50.9 Å². The average Bonchev–Trinajstić information content (AvgIpc) is 2.67. The molecule has 1 amide bonds. The molecule has 2 aromatic rings. The van der Waals surface area contributed by atoms with Crippen LogP contribution in [-0.2, 0) is 43.9 Å². The molecule has 2 N–H and O–H groups in total. The molecule has 1 radical (unpaired) electrons. The summed E-state index contributed by atoms with van der Waals surface area (Å²) in [5.74, 6) is 0.453. The van der Waals surface area contributed by atoms with Crippen molar-refractivity contribution in [2.75, 3.05) is 4.90 Å². The van der Waals surface area contributed by atoms with Gasteiger partial charge in [-0.3, -0.25) is 4.79 Å². The Kier molecular flexibility index (Phi) is 9.13. The fraction of sp³-hybridized carbons (Fsp3) is 0.435. The fourth-order valence-corrected chi connectivity index (χ4v) is 3.91. The number of aliphatic hydroxyl groups is 1. The first-order valence-corrected chi connectivity index (χ1v) is 9.96. The largest absolute Gasteiger partial charge is 0.508 e. The number of hydrogen-bond donors (Lipinski definition) is 2. The van der Waals surface area contributed by atoms with E-state index >= 15 is 0 Å². The number of rotatable bonds is 7. The number of anilines is 1. The third-order valence-corrected chi connectivity index (χ3v) is 5.36. The predicted octanol–water partition coefficient (Wildman–Crippen LogP) is 4.74. The molecule has 147 valence electrons. The Morgan fingerprint density at radius 3 is 2.61 bits per heavy atom. The molecular formula is C23H29NO3Y. The number of piperidine rings is 1. The number of hydrogen-bond acceptors (Lipinski definition) is 3. The number of nitrogens with zero attached hydrogens (tertiary/aromatic N) is 1. The minimum Gasteiger partial charge on any atom is -0.508 e. The van der Waals surface area contributed by atoms with Crippen LogP contribution in [0.25, 0.3) is 0 Å². The molecule has 3 rings (SSSR count). The van der Waals surface area contributed by atoms with Gasteiger partial charge in [0.1, 0.15) is 5.75 Å². The molecule has 2 unspecified atom stereocenters. The van der Waals surface area contributed by atoms with Gasteiger partial charge >= 0.3 is 0 Å². The Balaban J connectivity index is 0.00000280. The van der Waals surface area contributed by atoms with Crippen LogP contribution in [0.1, 0.15) is 62.7 Å². The number of phenols is 1. The molecule has 2 atom stereocenters. The summed E-state index contributed by atoms with van der Waals surface area (Å²) < 4.78 is 0. The zero-order valence-electron chi connectivity index (χ0n) is 16.6. The number of benzene rings is 2. The van der Waals surface area contributed by atoms with Gasteiger partial charge in [0.05, 0.1) is 6.10 Å². The van der Waals surface area contributed by atoms with Crippen LogP contribution in [0.2, 0.25) is 0 Å². The minimum absolute atomic E-state index is 0. The van der Waals surface area contributed by atoms with Crippen molar-refractivity contribution in [2.45, 2.75) is 64.0 Å². The molecule has 1 heterocycles. The quantitative estimate of drug-likeness (QED) is 0.633. The summed E-state index contributed by atoms with van der Waals surface area (Å²) in [6, 6.07) is 15.3. The summed E-state index contributed by atoms with van der Waals surface area (Å²) in [7, 11) is 0. The molecule has 1 fully saturated rings. The molecule has 2 aromatic carbocycles. The van der Waals surface area contributed by atoms with Crippen molar-refractivity contribution in [1.29, 1.82) is 0 Å². The first-order valence-electron chi connectivity index (χ1n) is 9.96. The molecule has 28 heavy (non-hydrogen) atoms. The third-order valence-electron chi connectivity index (χ3n) is 5.36. The smallest absolute Gasteiger partial charge is 0.227 e. The summed E-state index contributed by atoms with van der Waals surface area (Å²) in [5, 5.41) is 19.8. The molecule has 0 saturated carbocycles. The summed E-state index contributed by atoms with van der Waals surface area (Å²) in [6.07, 6.45) is 5.44. The monoisotopic (exact) mass is 456 g/mol. The van der Waals surface area contributed by atoms with Crippen LogP contribution in [0.4, 0.5) is 5.69 Å². The Labute approximate surface area is 192 Å². The minimum atomic E-state index is -0.442. The molecule has 5 heteroatoms. The van der Waals surface area contributed by atoms with Crippen molar-refractivity contribution in [3.05, 3.63) is 59.7 Å². The van der Waals surface area contributed by atoms with Crippen LogP contribution in [0, 0.1) is 0 Å². The number of aryl methyl sites for hydroxylation is 1. The zero-order valence-corrected chi connectivity index (χ0v) is 19.4. The van der Waals surface area contributed by atoms with Crippen LogP contribution in [-0.4, -0.2) is 22.2 Å². The number of carbonyl (C=O) groups excluding carboxylic acids is 1. The van der Waals surface area contributed by atoms with Gasteiger partial charge in [-0.05, 0) is 67.5 Å². The molecule has 1 aliphatic heterocycles. The van der Waals surface area contributed by atoms with E-state index < -0.39 is 6.10 Å². The third kappa shape index (κ3) is 5.89. The number of aromatic hydroxyl groups is 1. The fourth-order valence-electron chi connectivity index (χ4n) is 3.91. The van der Waals surface area contributed by atoms with E-state index in [1.165, 1.54) is 0 Å². The zero-order chi connectivity index (χ0) is 19.2. The van der Waals surface area contributed by atoms with Crippen LogP contribution >= 0.6 is 0 Å². The van der Waals surface area contributed by atoms with Gasteiger partial charge < -0.3 is 15.1 Å². The average molecular weight is 456 g/mol. The Morgan fingerprint density at radius 1 is 1.18 bits per heavy atom. The van der Waals surface area contributed by atoms with Crippen molar-refractivity contribution < 1.29 is 47.7 Å². The number of aliphatic hydroxyl groups excluding tert-OH is 1. The van der Waals surface area contributed by atoms with Gasteiger partial charge in [-0.2, -0.15) is 0 Å². The van der Waals surface area contributed by atoms with E-state index in [2.05, 4.69) is 6.92 Å². The topological polar surface area (TPSA) is 60.8 Å². The maximum Gasteiger partial charge on any atom is 0.227 e. The molecule has 0 aromatic heterocycles. The molecule has 4 nitrogen and oxygen atoms in total. The van der Waals surface area contributed by atoms with E-state index in [9.17, 15) is 15.0 Å². The number of amides is 1. The predicted molar refractivity (Wildman–Crippen MR) is 108 cm³/mol. The second-order valence-electron chi connectivity index (χ2n) is 7.41. The molecule has 1 aliphatic rings. The summed E-state index contributed by atoms with van der Waals surface area (Å²) in [5.41, 5.74) is 2.90. The SMILES string of the molecule is CCCC(O)c1ccc(N2C(=O)CCCC2CCc2cccc(O)c2)cc1.[Y]. The van der Waals surface area contributed by atoms with Crippen molar-refractivity contribution >= 4 is 11.6 Å². The standard InChI is InChI=1S/C23H29NO3.Y/c1-2-5-22(26)18-11-14-20(15-12-18)24-19(7-4-9-23(24)27)13-10-17-6-3-8-21(25)16-17;/h3,6,8,11-12,14-16,19,22,25-26H,2,4-5,7,9-10,13H2,1H3;. The summed E-state index contributed by atoms with van der Waals surface area (Å²) in [6.45, 7) is 2.06. The van der Waals surface area contributed by atoms with Crippen molar-refractivity contribution in [1.82, 2.24) is 0 Å². The van der Waals surface area contributed by atoms with E-state index in [0.717, 1.165) is 55.3 Å². The summed E-state index contributed by atoms with van der Waals surface area (Å²) >= 11 is 0. The molecule has 1 saturated heterocycles. The van der Waals surface area contributed by atoms with Crippen LogP contribution in [0.5, 0.6) is 5.75 Å². The first kappa shape index (κ1) is 23.1. The van der Waals surface area contributed by atoms with Gasteiger partial charge in [0.25, 0.3) is 0 Å². The molecular weight excluding hydrogens is 427 g/mol. The second-order valence-corrected chi connectivity index (χ2v) is 7.41. The number of carbonyl (C=O) groups is 1. The van der Waals surface area contributed by atoms with Crippen LogP contribution < -0.4 is 4.90 Å². The second kappa shape index (κ2) is 11.1. The molecule has 0 aliphatic carbocycles. The molecule has 0 bridgehead atoms. The van der Waals surface area contributed by atoms with E-state index in [-0.39, 0.29) is 50.4 Å². The van der Waals surface area contributed by atoms with Gasteiger partial charge in [-0.15, -0.1) is 0 Å². The van der Waals surface area contributed by atoms with Gasteiger partial charge in [-0.25, -0.2) is 0 Å². The maximum atomic E-state index is 12.6. The Morgan fingerprint density at radius 2 is 1.93 bits per heavy atom. The Hall–Kier alpha value is -1.23. The van der Waals surface area contributed by atoms with E-state index in [0.29, 0.717) is 6.42 Å². The van der Waals surface area contributed by atoms with E-state index in [4.69, 9.17) is 0 Å². The van der Waals surface area contributed by atoms with Crippen LogP contribution in [0.3, 0.4) is 0 Å².